The molecule has 0 unspecified atom stereocenters. The van der Waals surface area contributed by atoms with Gasteiger partial charge in [-0.15, -0.1) is 0 Å². The summed E-state index contributed by atoms with van der Waals surface area (Å²) in [5.41, 5.74) is 0. The summed E-state index contributed by atoms with van der Waals surface area (Å²) < 4.78 is 6.66. The van der Waals surface area contributed by atoms with Crippen molar-refractivity contribution in [2.24, 2.45) is 0 Å². The van der Waals surface area contributed by atoms with Gasteiger partial charge in [0.15, 0.2) is 4.96 Å². The van der Waals surface area contributed by atoms with Crippen LogP contribution in [0.15, 0.2) is 18.6 Å². The molecule has 0 radical (unpaired) electrons. The van der Waals surface area contributed by atoms with E-state index in [1.807, 2.05) is 0 Å². The van der Waals surface area contributed by atoms with E-state index in [9.17, 15) is 4.79 Å². The van der Waals surface area contributed by atoms with Crippen molar-refractivity contribution < 1.29 is 9.53 Å². The first-order chi connectivity index (χ1) is 6.31. The van der Waals surface area contributed by atoms with Crippen LogP contribution >= 0.6 is 11.3 Å². The predicted molar refractivity (Wildman–Crippen MR) is 49.0 cm³/mol. The third-order valence-corrected chi connectivity index (χ3v) is 2.56. The Balaban J connectivity index is 2.34. The van der Waals surface area contributed by atoms with Gasteiger partial charge in [-0.1, -0.05) is 11.3 Å². The fraction of sp³-hybridized carbons (Fsp3) is 0.250. The highest BCUT2D eigenvalue weighted by atomic mass is 32.1. The van der Waals surface area contributed by atoms with Crippen molar-refractivity contribution in [3.05, 3.63) is 23.5 Å². The van der Waals surface area contributed by atoms with Crippen LogP contribution in [-0.4, -0.2) is 22.0 Å². The summed E-state index contributed by atoms with van der Waals surface area (Å²) in [6, 6.07) is 0. The minimum absolute atomic E-state index is 0.280. The van der Waals surface area contributed by atoms with Gasteiger partial charge in [0.25, 0.3) is 0 Å². The summed E-state index contributed by atoms with van der Waals surface area (Å²) in [6.45, 7) is 2.19. The number of hydrogen-bond acceptors (Lipinski definition) is 4. The van der Waals surface area contributed by atoms with Crippen LogP contribution < -0.4 is 0 Å². The van der Waals surface area contributed by atoms with Crippen LogP contribution in [0.4, 0.5) is 0 Å². The molecule has 2 aromatic heterocycles. The summed E-state index contributed by atoms with van der Waals surface area (Å²) in [6.07, 6.45) is 5.22. The quantitative estimate of drug-likeness (QED) is 0.685. The molecule has 0 spiro atoms. The lowest BCUT2D eigenvalue weighted by Crippen LogP contribution is -2.01. The molecule has 0 atom stereocenters. The Morgan fingerprint density at radius 1 is 1.77 bits per heavy atom. The second-order valence-corrected chi connectivity index (χ2v) is 3.44. The maximum Gasteiger partial charge on any atom is 0.349 e. The molecule has 2 aromatic rings. The Morgan fingerprint density at radius 3 is 3.31 bits per heavy atom. The average molecular weight is 196 g/mol. The van der Waals surface area contributed by atoms with Gasteiger partial charge < -0.3 is 4.74 Å². The molecule has 5 heteroatoms. The van der Waals surface area contributed by atoms with E-state index in [1.54, 1.807) is 29.9 Å². The molecule has 2 rings (SSSR count). The summed E-state index contributed by atoms with van der Waals surface area (Å²) >= 11 is 1.33. The van der Waals surface area contributed by atoms with Crippen LogP contribution in [0.5, 0.6) is 0 Å². The zero-order valence-electron chi connectivity index (χ0n) is 7.06. The summed E-state index contributed by atoms with van der Waals surface area (Å²) in [5.74, 6) is -0.280. The van der Waals surface area contributed by atoms with Crippen molar-refractivity contribution in [2.45, 2.75) is 6.92 Å². The first-order valence-corrected chi connectivity index (χ1v) is 4.72. The minimum atomic E-state index is -0.280. The molecular formula is C8H8N2O2S. The van der Waals surface area contributed by atoms with Crippen molar-refractivity contribution in [1.82, 2.24) is 9.38 Å². The van der Waals surface area contributed by atoms with Crippen LogP contribution in [0.3, 0.4) is 0 Å². The smallest absolute Gasteiger partial charge is 0.349 e. The fourth-order valence-electron chi connectivity index (χ4n) is 1.02. The third kappa shape index (κ3) is 1.42. The molecule has 0 aromatic carbocycles. The van der Waals surface area contributed by atoms with Gasteiger partial charge >= 0.3 is 5.97 Å². The maximum absolute atomic E-state index is 11.3. The molecule has 0 amide bonds. The normalized spacial score (nSPS) is 10.5. The topological polar surface area (TPSA) is 43.6 Å². The van der Waals surface area contributed by atoms with E-state index < -0.39 is 0 Å². The van der Waals surface area contributed by atoms with Gasteiger partial charge in [0.2, 0.25) is 0 Å². The second-order valence-electron chi connectivity index (χ2n) is 2.43. The number of imidazole rings is 1. The van der Waals surface area contributed by atoms with E-state index in [4.69, 9.17) is 4.74 Å². The summed E-state index contributed by atoms with van der Waals surface area (Å²) in [4.78, 5) is 16.7. The molecule has 0 fully saturated rings. The SMILES string of the molecule is CCOC(=O)c1cn2ccnc2s1. The summed E-state index contributed by atoms with van der Waals surface area (Å²) in [5, 5.41) is 0. The van der Waals surface area contributed by atoms with Crippen molar-refractivity contribution in [1.29, 1.82) is 0 Å². The Hall–Kier alpha value is -1.36. The van der Waals surface area contributed by atoms with Crippen LogP contribution in [-0.2, 0) is 4.74 Å². The number of fused-ring (bicyclic) bond motifs is 1. The van der Waals surface area contributed by atoms with Crippen LogP contribution in [0.2, 0.25) is 0 Å². The number of carbonyl (C=O) groups excluding carboxylic acids is 1. The lowest BCUT2D eigenvalue weighted by atomic mass is 10.5. The fourth-order valence-corrected chi connectivity index (χ4v) is 1.86. The minimum Gasteiger partial charge on any atom is -0.462 e. The number of carbonyl (C=O) groups is 1. The van der Waals surface area contributed by atoms with Gasteiger partial charge in [-0.25, -0.2) is 9.78 Å². The van der Waals surface area contributed by atoms with Gasteiger partial charge in [-0.3, -0.25) is 4.40 Å². The van der Waals surface area contributed by atoms with Gasteiger partial charge in [0, 0.05) is 18.6 Å². The molecule has 0 bridgehead atoms. The van der Waals surface area contributed by atoms with E-state index >= 15 is 0 Å². The summed E-state index contributed by atoms with van der Waals surface area (Å²) in [7, 11) is 0. The lowest BCUT2D eigenvalue weighted by Gasteiger charge is -1.95. The van der Waals surface area contributed by atoms with Crippen LogP contribution in [0.1, 0.15) is 16.6 Å². The first kappa shape index (κ1) is 8.25. The second kappa shape index (κ2) is 3.18. The van der Waals surface area contributed by atoms with Crippen molar-refractivity contribution in [3.63, 3.8) is 0 Å². The van der Waals surface area contributed by atoms with Crippen molar-refractivity contribution in [3.8, 4) is 0 Å². The van der Waals surface area contributed by atoms with Gasteiger partial charge in [-0.2, -0.15) is 0 Å². The Kier molecular flexibility index (Phi) is 2.02. The third-order valence-electron chi connectivity index (χ3n) is 1.57. The van der Waals surface area contributed by atoms with Crippen molar-refractivity contribution in [2.75, 3.05) is 6.61 Å². The number of hydrogen-bond donors (Lipinski definition) is 0. The van der Waals surface area contributed by atoms with E-state index in [-0.39, 0.29) is 5.97 Å². The predicted octanol–water partition coefficient (Wildman–Crippen LogP) is 1.57. The highest BCUT2D eigenvalue weighted by molar-refractivity contribution is 7.18. The van der Waals surface area contributed by atoms with Gasteiger partial charge in [-0.05, 0) is 6.92 Å². The molecule has 13 heavy (non-hydrogen) atoms. The zero-order valence-corrected chi connectivity index (χ0v) is 7.87. The first-order valence-electron chi connectivity index (χ1n) is 3.91. The highest BCUT2D eigenvalue weighted by Gasteiger charge is 2.10. The number of ether oxygens (including phenoxy) is 1. The molecule has 2 heterocycles. The average Bonchev–Trinajstić information content (AvgIpc) is 2.61. The van der Waals surface area contributed by atoms with E-state index in [0.717, 1.165) is 4.96 Å². The van der Waals surface area contributed by atoms with Crippen LogP contribution in [0.25, 0.3) is 4.96 Å². The van der Waals surface area contributed by atoms with Gasteiger partial charge in [0.05, 0.1) is 6.61 Å². The van der Waals surface area contributed by atoms with Crippen LogP contribution in [0, 0.1) is 0 Å². The Labute approximate surface area is 78.8 Å². The zero-order chi connectivity index (χ0) is 9.26. The molecule has 4 nitrogen and oxygen atoms in total. The molecule has 0 aliphatic heterocycles. The molecule has 0 N–H and O–H groups in total. The standard InChI is InChI=1S/C8H8N2O2S/c1-2-12-7(11)6-5-10-4-3-9-8(10)13-6/h3-5H,2H2,1H3. The number of aromatic nitrogens is 2. The largest absolute Gasteiger partial charge is 0.462 e. The Bertz CT molecular complexity index is 403. The maximum atomic E-state index is 11.3. The molecule has 0 saturated heterocycles. The molecule has 0 aliphatic rings. The molecule has 68 valence electrons. The highest BCUT2D eigenvalue weighted by Crippen LogP contribution is 2.16. The number of esters is 1. The Morgan fingerprint density at radius 2 is 2.62 bits per heavy atom. The molecular weight excluding hydrogens is 188 g/mol. The monoisotopic (exact) mass is 196 g/mol. The number of nitrogens with zero attached hydrogens (tertiary/aromatic N) is 2. The molecule has 0 saturated carbocycles. The van der Waals surface area contributed by atoms with Gasteiger partial charge in [0.1, 0.15) is 4.88 Å². The number of thiazole rings is 1. The van der Waals surface area contributed by atoms with E-state index in [0.29, 0.717) is 11.5 Å². The lowest BCUT2D eigenvalue weighted by molar-refractivity contribution is 0.0531. The van der Waals surface area contributed by atoms with E-state index in [2.05, 4.69) is 4.98 Å². The van der Waals surface area contributed by atoms with Crippen molar-refractivity contribution >= 4 is 22.3 Å². The number of rotatable bonds is 2. The van der Waals surface area contributed by atoms with E-state index in [1.165, 1.54) is 11.3 Å². The molecule has 0 aliphatic carbocycles.